The number of hydrogen-bond donors (Lipinski definition) is 0. The van der Waals surface area contributed by atoms with Gasteiger partial charge in [-0.15, -0.1) is 0 Å². The van der Waals surface area contributed by atoms with Crippen LogP contribution in [0.15, 0.2) is 34.8 Å². The highest BCUT2D eigenvalue weighted by molar-refractivity contribution is 6.23. The van der Waals surface area contributed by atoms with Crippen molar-refractivity contribution in [1.29, 1.82) is 0 Å². The molecular formula is C8H5ClF3N. The summed E-state index contributed by atoms with van der Waals surface area (Å²) in [6, 6.07) is 7.20. The molecule has 0 aliphatic heterocycles. The summed E-state index contributed by atoms with van der Waals surface area (Å²) in [7, 11) is 0. The minimum atomic E-state index is -4.51. The lowest BCUT2D eigenvalue weighted by molar-refractivity contribution is -0.0578. The molecule has 5 heteroatoms. The Morgan fingerprint density at radius 1 is 1.15 bits per heavy atom. The van der Waals surface area contributed by atoms with Crippen LogP contribution >= 0.6 is 11.8 Å². The van der Waals surface area contributed by atoms with Gasteiger partial charge in [0.05, 0.1) is 0 Å². The van der Waals surface area contributed by atoms with Gasteiger partial charge in [0.1, 0.15) is 0 Å². The van der Waals surface area contributed by atoms with Crippen molar-refractivity contribution in [3.8, 4) is 0 Å². The van der Waals surface area contributed by atoms with E-state index in [0.29, 0.717) is 0 Å². The number of alkyl halides is 3. The predicted molar refractivity (Wildman–Crippen MR) is 44.9 cm³/mol. The van der Waals surface area contributed by atoms with Gasteiger partial charge in [0.2, 0.25) is 0 Å². The van der Waals surface area contributed by atoms with Gasteiger partial charge in [0, 0.05) is 17.3 Å². The zero-order valence-corrected chi connectivity index (χ0v) is 7.10. The minimum Gasteiger partial charge on any atom is -0.172 e. The summed E-state index contributed by atoms with van der Waals surface area (Å²) in [5.74, 6) is 0. The molecule has 0 amide bonds. The molecule has 0 aliphatic rings. The van der Waals surface area contributed by atoms with Crippen LogP contribution in [0, 0.1) is 0 Å². The molecule has 0 bridgehead atoms. The summed E-state index contributed by atoms with van der Waals surface area (Å²) in [5.41, 5.74) is -1.11. The van der Waals surface area contributed by atoms with Crippen molar-refractivity contribution in [2.75, 3.05) is 0 Å². The largest absolute Gasteiger partial charge is 0.435 e. The van der Waals surface area contributed by atoms with E-state index in [-0.39, 0.29) is 5.56 Å². The van der Waals surface area contributed by atoms with Crippen molar-refractivity contribution in [2.24, 2.45) is 4.51 Å². The maximum absolute atomic E-state index is 12.2. The van der Waals surface area contributed by atoms with Crippen LogP contribution in [0.1, 0.15) is 5.56 Å². The van der Waals surface area contributed by atoms with Crippen molar-refractivity contribution >= 4 is 17.5 Å². The van der Waals surface area contributed by atoms with Gasteiger partial charge in [-0.1, -0.05) is 30.3 Å². The van der Waals surface area contributed by atoms with E-state index in [0.717, 1.165) is 0 Å². The van der Waals surface area contributed by atoms with Gasteiger partial charge >= 0.3 is 6.18 Å². The Morgan fingerprint density at radius 2 is 1.69 bits per heavy atom. The molecule has 0 spiro atoms. The van der Waals surface area contributed by atoms with Crippen LogP contribution in [0.2, 0.25) is 0 Å². The number of nitrogens with zero attached hydrogens (tertiary/aromatic N) is 1. The number of rotatable bonds is 1. The molecule has 0 unspecified atom stereocenters. The van der Waals surface area contributed by atoms with Gasteiger partial charge in [-0.2, -0.15) is 17.7 Å². The highest BCUT2D eigenvalue weighted by Gasteiger charge is 2.36. The number of hydrogen-bond acceptors (Lipinski definition) is 1. The zero-order chi connectivity index (χ0) is 9.90. The Balaban J connectivity index is 3.08. The van der Waals surface area contributed by atoms with E-state index in [1.165, 1.54) is 24.3 Å². The van der Waals surface area contributed by atoms with Crippen LogP contribution in [-0.4, -0.2) is 11.9 Å². The van der Waals surface area contributed by atoms with E-state index >= 15 is 0 Å². The van der Waals surface area contributed by atoms with Gasteiger partial charge < -0.3 is 0 Å². The van der Waals surface area contributed by atoms with Gasteiger partial charge in [-0.05, 0) is 0 Å². The molecule has 0 N–H and O–H groups in total. The van der Waals surface area contributed by atoms with Crippen molar-refractivity contribution in [3.63, 3.8) is 0 Å². The SMILES string of the molecule is FC(F)(F)/C(=N\Cl)c1ccccc1. The van der Waals surface area contributed by atoms with Crippen molar-refractivity contribution in [1.82, 2.24) is 0 Å². The fourth-order valence-corrected chi connectivity index (χ4v) is 1.05. The van der Waals surface area contributed by atoms with Crippen molar-refractivity contribution in [3.05, 3.63) is 35.9 Å². The lowest BCUT2D eigenvalue weighted by Crippen LogP contribution is -2.23. The van der Waals surface area contributed by atoms with Crippen molar-refractivity contribution in [2.45, 2.75) is 6.18 Å². The van der Waals surface area contributed by atoms with Gasteiger partial charge in [0.25, 0.3) is 0 Å². The molecule has 1 nitrogen and oxygen atoms in total. The standard InChI is InChI=1S/C8H5ClF3N/c9-13-7(8(10,11)12)6-4-2-1-3-5-6/h1-5H/b13-7-. The van der Waals surface area contributed by atoms with Crippen LogP contribution in [-0.2, 0) is 0 Å². The van der Waals surface area contributed by atoms with E-state index in [4.69, 9.17) is 11.8 Å². The molecule has 1 aromatic carbocycles. The van der Waals surface area contributed by atoms with Crippen molar-refractivity contribution < 1.29 is 13.2 Å². The molecule has 0 aromatic heterocycles. The molecule has 0 atom stereocenters. The smallest absolute Gasteiger partial charge is 0.172 e. The van der Waals surface area contributed by atoms with Crippen LogP contribution in [0.5, 0.6) is 0 Å². The monoisotopic (exact) mass is 207 g/mol. The topological polar surface area (TPSA) is 12.4 Å². The van der Waals surface area contributed by atoms with Crippen LogP contribution < -0.4 is 0 Å². The highest BCUT2D eigenvalue weighted by atomic mass is 35.5. The third-order valence-corrected chi connectivity index (χ3v) is 1.57. The molecule has 0 saturated heterocycles. The van der Waals surface area contributed by atoms with Crippen LogP contribution in [0.4, 0.5) is 13.2 Å². The van der Waals surface area contributed by atoms with Gasteiger partial charge in [-0.3, -0.25) is 0 Å². The third-order valence-electron chi connectivity index (χ3n) is 1.40. The average molecular weight is 208 g/mol. The maximum Gasteiger partial charge on any atom is 0.435 e. The second-order valence-corrected chi connectivity index (χ2v) is 2.47. The number of halogens is 4. The first-order chi connectivity index (χ1) is 6.05. The Morgan fingerprint density at radius 3 is 2.08 bits per heavy atom. The van der Waals surface area contributed by atoms with Crippen LogP contribution in [0.3, 0.4) is 0 Å². The minimum absolute atomic E-state index is 0.0370. The highest BCUT2D eigenvalue weighted by Crippen LogP contribution is 2.22. The zero-order valence-electron chi connectivity index (χ0n) is 6.35. The van der Waals surface area contributed by atoms with Crippen LogP contribution in [0.25, 0.3) is 0 Å². The third kappa shape index (κ3) is 2.45. The molecule has 0 saturated carbocycles. The lowest BCUT2D eigenvalue weighted by atomic mass is 10.1. The molecule has 0 aliphatic carbocycles. The molecule has 70 valence electrons. The Kier molecular flexibility index (Phi) is 2.93. The second-order valence-electron chi connectivity index (χ2n) is 2.30. The van der Waals surface area contributed by atoms with E-state index in [1.807, 2.05) is 0 Å². The van der Waals surface area contributed by atoms with E-state index in [9.17, 15) is 13.2 Å². The summed E-state index contributed by atoms with van der Waals surface area (Å²) in [6.07, 6.45) is -4.51. The Bertz CT molecular complexity index is 305. The fourth-order valence-electron chi connectivity index (χ4n) is 0.856. The second kappa shape index (κ2) is 3.79. The normalized spacial score (nSPS) is 13.1. The molecule has 1 rings (SSSR count). The summed E-state index contributed by atoms with van der Waals surface area (Å²) in [5, 5.41) is 0. The first-order valence-electron chi connectivity index (χ1n) is 3.37. The number of benzene rings is 1. The summed E-state index contributed by atoms with van der Waals surface area (Å²) < 4.78 is 39.3. The fraction of sp³-hybridized carbons (Fsp3) is 0.125. The molecule has 1 aromatic rings. The first kappa shape index (κ1) is 10.1. The molecule has 13 heavy (non-hydrogen) atoms. The molecule has 0 heterocycles. The molecule has 0 fully saturated rings. The van der Waals surface area contributed by atoms with Gasteiger partial charge in [-0.25, -0.2) is 0 Å². The average Bonchev–Trinajstić information content (AvgIpc) is 2.05. The summed E-state index contributed by atoms with van der Waals surface area (Å²) in [6.45, 7) is 0. The van der Waals surface area contributed by atoms with E-state index in [2.05, 4.69) is 4.51 Å². The van der Waals surface area contributed by atoms with E-state index < -0.39 is 11.9 Å². The summed E-state index contributed by atoms with van der Waals surface area (Å²) >= 11 is 4.85. The predicted octanol–water partition coefficient (Wildman–Crippen LogP) is 3.19. The summed E-state index contributed by atoms with van der Waals surface area (Å²) in [4.78, 5) is 0. The van der Waals surface area contributed by atoms with E-state index in [1.54, 1.807) is 6.07 Å². The Labute approximate surface area is 78.0 Å². The molecule has 0 radical (unpaired) electrons. The molecular weight excluding hydrogens is 203 g/mol. The maximum atomic E-state index is 12.2. The Hall–Kier alpha value is -1.03. The first-order valence-corrected chi connectivity index (χ1v) is 3.71. The quantitative estimate of drug-likeness (QED) is 0.627. The van der Waals surface area contributed by atoms with Gasteiger partial charge in [0.15, 0.2) is 5.71 Å². The lowest BCUT2D eigenvalue weighted by Gasteiger charge is -2.07.